The molecule has 0 radical (unpaired) electrons. The number of carbonyl (C=O) groups is 2. The summed E-state index contributed by atoms with van der Waals surface area (Å²) in [4.78, 5) is 24.2. The van der Waals surface area contributed by atoms with Crippen LogP contribution in [0.1, 0.15) is 24.8 Å². The average molecular weight is 374 g/mol. The number of amides is 2. The Morgan fingerprint density at radius 3 is 2.65 bits per heavy atom. The van der Waals surface area contributed by atoms with Crippen molar-refractivity contribution >= 4 is 34.8 Å². The van der Waals surface area contributed by atoms with E-state index in [1.165, 1.54) is 23.2 Å². The van der Waals surface area contributed by atoms with Gasteiger partial charge in [-0.1, -0.05) is 48.0 Å². The van der Waals surface area contributed by atoms with Crippen LogP contribution in [0, 0.1) is 5.82 Å². The first kappa shape index (κ1) is 18.1. The van der Waals surface area contributed by atoms with Crippen molar-refractivity contribution in [1.29, 1.82) is 0 Å². The van der Waals surface area contributed by atoms with Crippen molar-refractivity contribution in [1.82, 2.24) is 5.01 Å². The van der Waals surface area contributed by atoms with Crippen LogP contribution in [0.25, 0.3) is 0 Å². The summed E-state index contributed by atoms with van der Waals surface area (Å²) in [5, 5.41) is 8.08. The highest BCUT2D eigenvalue weighted by atomic mass is 35.5. The smallest absolute Gasteiger partial charge is 0.243 e. The number of nitrogens with zero attached hydrogens (tertiary/aromatic N) is 2. The lowest BCUT2D eigenvalue weighted by atomic mass is 10.1. The quantitative estimate of drug-likeness (QED) is 0.865. The molecule has 1 N–H and O–H groups in total. The molecule has 0 spiro atoms. The predicted octanol–water partition coefficient (Wildman–Crippen LogP) is 3.83. The lowest BCUT2D eigenvalue weighted by molar-refractivity contribution is -0.132. The van der Waals surface area contributed by atoms with Gasteiger partial charge in [-0.05, 0) is 17.7 Å². The largest absolute Gasteiger partial charge is 0.324 e. The van der Waals surface area contributed by atoms with Crippen molar-refractivity contribution in [3.05, 3.63) is 64.9 Å². The Balaban J connectivity index is 1.53. The molecule has 2 aromatic carbocycles. The number of hydrogen-bond donors (Lipinski definition) is 1. The first-order chi connectivity index (χ1) is 12.5. The lowest BCUT2D eigenvalue weighted by Crippen LogP contribution is -2.25. The van der Waals surface area contributed by atoms with Crippen LogP contribution < -0.4 is 5.32 Å². The van der Waals surface area contributed by atoms with Gasteiger partial charge < -0.3 is 5.32 Å². The summed E-state index contributed by atoms with van der Waals surface area (Å²) in [5.41, 5.74) is 1.84. The van der Waals surface area contributed by atoms with Crippen LogP contribution in [0.15, 0.2) is 53.6 Å². The third-order valence-electron chi connectivity index (χ3n) is 3.99. The highest BCUT2D eigenvalue weighted by Gasteiger charge is 2.22. The van der Waals surface area contributed by atoms with Gasteiger partial charge in [0, 0.05) is 19.3 Å². The fourth-order valence-electron chi connectivity index (χ4n) is 2.63. The van der Waals surface area contributed by atoms with E-state index in [9.17, 15) is 14.0 Å². The fourth-order valence-corrected chi connectivity index (χ4v) is 2.81. The van der Waals surface area contributed by atoms with E-state index in [-0.39, 0.29) is 29.5 Å². The van der Waals surface area contributed by atoms with Gasteiger partial charge in [-0.3, -0.25) is 9.59 Å². The van der Waals surface area contributed by atoms with Gasteiger partial charge in [0.25, 0.3) is 0 Å². The Hall–Kier alpha value is -2.73. The molecule has 1 aliphatic rings. The predicted molar refractivity (Wildman–Crippen MR) is 98.6 cm³/mol. The minimum absolute atomic E-state index is 0.000409. The Bertz CT molecular complexity index is 855. The summed E-state index contributed by atoms with van der Waals surface area (Å²) in [5.74, 6) is -1.38. The molecule has 7 heteroatoms. The maximum atomic E-state index is 13.8. The topological polar surface area (TPSA) is 61.8 Å². The van der Waals surface area contributed by atoms with Gasteiger partial charge in [-0.2, -0.15) is 5.10 Å². The molecule has 3 rings (SSSR count). The molecule has 0 saturated carbocycles. The Morgan fingerprint density at radius 2 is 1.88 bits per heavy atom. The number of anilines is 1. The number of benzene rings is 2. The summed E-state index contributed by atoms with van der Waals surface area (Å²) in [6.45, 7) is 0.494. The molecule has 134 valence electrons. The summed E-state index contributed by atoms with van der Waals surface area (Å²) in [6.07, 6.45) is 0.618. The average Bonchev–Trinajstić information content (AvgIpc) is 3.14. The molecule has 0 atom stereocenters. The van der Waals surface area contributed by atoms with E-state index in [1.807, 2.05) is 30.3 Å². The van der Waals surface area contributed by atoms with Gasteiger partial charge in [0.2, 0.25) is 11.8 Å². The van der Waals surface area contributed by atoms with Gasteiger partial charge >= 0.3 is 0 Å². The number of nitrogens with one attached hydrogen (secondary N) is 1. The minimum Gasteiger partial charge on any atom is -0.324 e. The standard InChI is InChI=1S/C19H17ClFN3O2/c20-14-7-4-8-16(19(14)21)22-17(25)9-10-18(26)24-12-11-15(23-24)13-5-2-1-3-6-13/h1-8H,9-12H2,(H,22,25). The number of halogens is 2. The normalized spacial score (nSPS) is 13.5. The minimum atomic E-state index is -0.689. The Morgan fingerprint density at radius 1 is 1.12 bits per heavy atom. The Labute approximate surface area is 155 Å². The molecular weight excluding hydrogens is 357 g/mol. The van der Waals surface area contributed by atoms with Crippen LogP contribution in [0.2, 0.25) is 5.02 Å². The molecular formula is C19H17ClFN3O2. The number of carbonyl (C=O) groups excluding carboxylic acids is 2. The van der Waals surface area contributed by atoms with E-state index in [4.69, 9.17) is 11.6 Å². The van der Waals surface area contributed by atoms with Crippen LogP contribution in [-0.4, -0.2) is 29.1 Å². The van der Waals surface area contributed by atoms with E-state index in [1.54, 1.807) is 0 Å². The Kier molecular flexibility index (Phi) is 5.63. The molecule has 0 aromatic heterocycles. The molecule has 0 saturated heterocycles. The highest BCUT2D eigenvalue weighted by Crippen LogP contribution is 2.22. The van der Waals surface area contributed by atoms with Crippen LogP contribution in [0.3, 0.4) is 0 Å². The maximum absolute atomic E-state index is 13.8. The van der Waals surface area contributed by atoms with Crippen molar-refractivity contribution < 1.29 is 14.0 Å². The zero-order chi connectivity index (χ0) is 18.5. The van der Waals surface area contributed by atoms with Gasteiger partial charge in [0.05, 0.1) is 23.0 Å². The zero-order valence-corrected chi connectivity index (χ0v) is 14.7. The van der Waals surface area contributed by atoms with E-state index in [0.717, 1.165) is 11.3 Å². The molecule has 1 aliphatic heterocycles. The van der Waals surface area contributed by atoms with Crippen LogP contribution in [0.5, 0.6) is 0 Å². The summed E-state index contributed by atoms with van der Waals surface area (Å²) in [7, 11) is 0. The fraction of sp³-hybridized carbons (Fsp3) is 0.211. The van der Waals surface area contributed by atoms with Crippen molar-refractivity contribution in [2.75, 3.05) is 11.9 Å². The lowest BCUT2D eigenvalue weighted by Gasteiger charge is -2.11. The van der Waals surface area contributed by atoms with Crippen molar-refractivity contribution in [3.8, 4) is 0 Å². The summed E-state index contributed by atoms with van der Waals surface area (Å²) < 4.78 is 13.8. The van der Waals surface area contributed by atoms with Crippen molar-refractivity contribution in [2.24, 2.45) is 5.10 Å². The first-order valence-corrected chi connectivity index (χ1v) is 8.59. The third kappa shape index (κ3) is 4.26. The first-order valence-electron chi connectivity index (χ1n) is 8.22. The van der Waals surface area contributed by atoms with Gasteiger partial charge in [0.15, 0.2) is 5.82 Å². The summed E-state index contributed by atoms with van der Waals surface area (Å²) >= 11 is 5.67. The summed E-state index contributed by atoms with van der Waals surface area (Å²) in [6, 6.07) is 14.0. The number of rotatable bonds is 5. The van der Waals surface area contributed by atoms with Gasteiger partial charge in [-0.25, -0.2) is 9.40 Å². The molecule has 0 bridgehead atoms. The van der Waals surface area contributed by atoms with Crippen LogP contribution in [0.4, 0.5) is 10.1 Å². The molecule has 26 heavy (non-hydrogen) atoms. The number of hydrogen-bond acceptors (Lipinski definition) is 3. The van der Waals surface area contributed by atoms with Crippen LogP contribution in [-0.2, 0) is 9.59 Å². The van der Waals surface area contributed by atoms with Crippen molar-refractivity contribution in [3.63, 3.8) is 0 Å². The highest BCUT2D eigenvalue weighted by molar-refractivity contribution is 6.31. The molecule has 5 nitrogen and oxygen atoms in total. The van der Waals surface area contributed by atoms with Gasteiger partial charge in [-0.15, -0.1) is 0 Å². The molecule has 0 fully saturated rings. The van der Waals surface area contributed by atoms with Crippen molar-refractivity contribution in [2.45, 2.75) is 19.3 Å². The second-order valence-corrected chi connectivity index (χ2v) is 6.24. The second kappa shape index (κ2) is 8.10. The molecule has 0 aliphatic carbocycles. The van der Waals surface area contributed by atoms with E-state index in [2.05, 4.69) is 10.4 Å². The maximum Gasteiger partial charge on any atom is 0.243 e. The molecule has 1 heterocycles. The molecule has 2 amide bonds. The molecule has 0 unspecified atom stereocenters. The van der Waals surface area contributed by atoms with E-state index in [0.29, 0.717) is 13.0 Å². The SMILES string of the molecule is O=C(CCC(=O)N1CCC(c2ccccc2)=N1)Nc1cccc(Cl)c1F. The van der Waals surface area contributed by atoms with Gasteiger partial charge in [0.1, 0.15) is 0 Å². The monoisotopic (exact) mass is 373 g/mol. The van der Waals surface area contributed by atoms with E-state index >= 15 is 0 Å². The number of hydrazone groups is 1. The van der Waals surface area contributed by atoms with Crippen LogP contribution >= 0.6 is 11.6 Å². The van der Waals surface area contributed by atoms with E-state index < -0.39 is 11.7 Å². The second-order valence-electron chi connectivity index (χ2n) is 5.83. The zero-order valence-electron chi connectivity index (χ0n) is 13.9. The molecule has 2 aromatic rings. The third-order valence-corrected chi connectivity index (χ3v) is 4.28.